The molecule has 2 heterocycles. The maximum atomic E-state index is 12.6. The number of nitrogens with zero attached hydrogens (tertiary/aromatic N) is 2. The van der Waals surface area contributed by atoms with Gasteiger partial charge in [-0.3, -0.25) is 4.79 Å². The Morgan fingerprint density at radius 3 is 2.40 bits per heavy atom. The fourth-order valence-electron chi connectivity index (χ4n) is 4.59. The number of aromatic carboxylic acids is 1. The first-order chi connectivity index (χ1) is 21.7. The van der Waals surface area contributed by atoms with Crippen LogP contribution < -0.4 is 19.6 Å². The Morgan fingerprint density at radius 2 is 1.69 bits per heavy atom. The van der Waals surface area contributed by atoms with Gasteiger partial charge < -0.3 is 28.3 Å². The highest BCUT2D eigenvalue weighted by atomic mass is 79.9. The summed E-state index contributed by atoms with van der Waals surface area (Å²) in [5.74, 6) is 0.601. The summed E-state index contributed by atoms with van der Waals surface area (Å²) in [4.78, 5) is 23.9. The van der Waals surface area contributed by atoms with Crippen LogP contribution in [0.4, 0.5) is 0 Å². The van der Waals surface area contributed by atoms with Crippen molar-refractivity contribution < 1.29 is 33.3 Å². The number of halogens is 1. The van der Waals surface area contributed by atoms with E-state index in [0.717, 1.165) is 17.1 Å². The van der Waals surface area contributed by atoms with Crippen LogP contribution in [0.15, 0.2) is 98.9 Å². The number of ether oxygens (including phenoxy) is 3. The molecular weight excluding hydrogens is 642 g/mol. The largest absolute Gasteiger partial charge is 0.493 e. The van der Waals surface area contributed by atoms with Gasteiger partial charge in [-0.25, -0.2) is 10.2 Å². The second kappa shape index (κ2) is 14.0. The molecule has 0 unspecified atom stereocenters. The van der Waals surface area contributed by atoms with E-state index in [1.165, 1.54) is 19.4 Å². The number of amides is 1. The van der Waals surface area contributed by atoms with Gasteiger partial charge >= 0.3 is 11.9 Å². The maximum absolute atomic E-state index is 12.6. The number of benzene rings is 3. The van der Waals surface area contributed by atoms with Gasteiger partial charge in [0.25, 0.3) is 0 Å². The first kappa shape index (κ1) is 31.1. The van der Waals surface area contributed by atoms with Gasteiger partial charge in [0.05, 0.1) is 18.9 Å². The standard InChI is InChI=1S/C34H30BrN3O7/c1-21-7-8-22(2)38(21)26-9-11-27(12-10-26)43-20-28-13-14-30(45-28)33(39)37-36-18-25-16-31(42-3)32(17-29(25)35)44-19-23-5-4-6-24(15-23)34(40)41/h4-18H,19-20H2,1-3H3,(H,37,39)(H,40,41)/b36-18+. The maximum Gasteiger partial charge on any atom is 0.335 e. The molecule has 0 saturated heterocycles. The molecule has 2 N–H and O–H groups in total. The van der Waals surface area contributed by atoms with E-state index < -0.39 is 11.9 Å². The molecule has 10 nitrogen and oxygen atoms in total. The number of aryl methyl sites for hydroxylation is 2. The molecule has 1 amide bonds. The van der Waals surface area contributed by atoms with Crippen molar-refractivity contribution in [3.63, 3.8) is 0 Å². The number of aromatic nitrogens is 1. The van der Waals surface area contributed by atoms with Gasteiger partial charge in [-0.1, -0.05) is 12.1 Å². The average molecular weight is 673 g/mol. The van der Waals surface area contributed by atoms with E-state index in [1.807, 2.05) is 24.3 Å². The fraction of sp³-hybridized carbons (Fsp3) is 0.147. The molecule has 3 aromatic carbocycles. The molecule has 0 bridgehead atoms. The minimum absolute atomic E-state index is 0.0898. The minimum Gasteiger partial charge on any atom is -0.493 e. The molecule has 5 rings (SSSR count). The lowest BCUT2D eigenvalue weighted by Crippen LogP contribution is -2.16. The van der Waals surface area contributed by atoms with Crippen LogP contribution in [0.1, 0.15) is 49.2 Å². The predicted molar refractivity (Wildman–Crippen MR) is 172 cm³/mol. The van der Waals surface area contributed by atoms with Crippen molar-refractivity contribution >= 4 is 34.0 Å². The first-order valence-corrected chi connectivity index (χ1v) is 14.6. The van der Waals surface area contributed by atoms with Gasteiger partial charge in [-0.15, -0.1) is 0 Å². The Kier molecular flexibility index (Phi) is 9.69. The summed E-state index contributed by atoms with van der Waals surface area (Å²) >= 11 is 3.49. The zero-order valence-corrected chi connectivity index (χ0v) is 26.3. The zero-order valence-electron chi connectivity index (χ0n) is 24.7. The molecule has 45 heavy (non-hydrogen) atoms. The van der Waals surface area contributed by atoms with Gasteiger partial charge in [0.15, 0.2) is 17.3 Å². The molecule has 0 atom stereocenters. The first-order valence-electron chi connectivity index (χ1n) is 13.8. The fourth-order valence-corrected chi connectivity index (χ4v) is 5.02. The summed E-state index contributed by atoms with van der Waals surface area (Å²) in [6.45, 7) is 4.42. The second-order valence-electron chi connectivity index (χ2n) is 10.0. The lowest BCUT2D eigenvalue weighted by atomic mass is 10.1. The van der Waals surface area contributed by atoms with Crippen molar-refractivity contribution in [1.29, 1.82) is 0 Å². The van der Waals surface area contributed by atoms with Crippen molar-refractivity contribution in [1.82, 2.24) is 9.99 Å². The van der Waals surface area contributed by atoms with Gasteiger partial charge in [0, 0.05) is 27.1 Å². The third-order valence-electron chi connectivity index (χ3n) is 6.85. The SMILES string of the molecule is COc1cc(/C=N/NC(=O)c2ccc(COc3ccc(-n4c(C)ccc4C)cc3)o2)c(Br)cc1OCc1cccc(C(=O)O)c1. The summed E-state index contributed by atoms with van der Waals surface area (Å²) in [5, 5.41) is 13.2. The normalized spacial score (nSPS) is 11.0. The summed E-state index contributed by atoms with van der Waals surface area (Å²) < 4.78 is 25.6. The van der Waals surface area contributed by atoms with E-state index in [2.05, 4.69) is 57.0 Å². The molecule has 0 spiro atoms. The Balaban J connectivity index is 1.15. The van der Waals surface area contributed by atoms with Crippen molar-refractivity contribution in [2.45, 2.75) is 27.1 Å². The highest BCUT2D eigenvalue weighted by Gasteiger charge is 2.13. The summed E-state index contributed by atoms with van der Waals surface area (Å²) in [6.07, 6.45) is 1.46. The highest BCUT2D eigenvalue weighted by molar-refractivity contribution is 9.10. The highest BCUT2D eigenvalue weighted by Crippen LogP contribution is 2.33. The number of carbonyl (C=O) groups excluding carboxylic acids is 1. The van der Waals surface area contributed by atoms with Gasteiger partial charge in [-0.2, -0.15) is 5.10 Å². The number of methoxy groups -OCH3 is 1. The van der Waals surface area contributed by atoms with Gasteiger partial charge in [0.1, 0.15) is 24.7 Å². The van der Waals surface area contributed by atoms with Gasteiger partial charge in [0.2, 0.25) is 0 Å². The van der Waals surface area contributed by atoms with E-state index in [0.29, 0.717) is 38.6 Å². The Labute approximate surface area is 268 Å². The van der Waals surface area contributed by atoms with E-state index in [-0.39, 0.29) is 24.5 Å². The van der Waals surface area contributed by atoms with Crippen molar-refractivity contribution in [3.8, 4) is 22.9 Å². The number of carboxylic acid groups (broad SMARTS) is 1. The third-order valence-corrected chi connectivity index (χ3v) is 7.54. The van der Waals surface area contributed by atoms with Crippen LogP contribution in [-0.2, 0) is 13.2 Å². The number of carboxylic acids is 1. The molecule has 0 aliphatic heterocycles. The number of nitrogens with one attached hydrogen (secondary N) is 1. The minimum atomic E-state index is -1.01. The lowest BCUT2D eigenvalue weighted by Gasteiger charge is -2.13. The van der Waals surface area contributed by atoms with Crippen LogP contribution in [-0.4, -0.2) is 34.9 Å². The van der Waals surface area contributed by atoms with Gasteiger partial charge in [-0.05, 0) is 108 Å². The number of furan rings is 1. The Morgan fingerprint density at radius 1 is 0.933 bits per heavy atom. The second-order valence-corrected chi connectivity index (χ2v) is 10.9. The predicted octanol–water partition coefficient (Wildman–Crippen LogP) is 7.08. The van der Waals surface area contributed by atoms with E-state index in [4.69, 9.17) is 18.6 Å². The molecule has 11 heteroatoms. The molecule has 0 aliphatic carbocycles. The number of carbonyl (C=O) groups is 2. The topological polar surface area (TPSA) is 125 Å². The number of rotatable bonds is 12. The number of hydrogen-bond donors (Lipinski definition) is 2. The summed E-state index contributed by atoms with van der Waals surface area (Å²) in [7, 11) is 1.50. The lowest BCUT2D eigenvalue weighted by molar-refractivity contribution is 0.0696. The van der Waals surface area contributed by atoms with Crippen molar-refractivity contribution in [2.24, 2.45) is 5.10 Å². The van der Waals surface area contributed by atoms with E-state index in [9.17, 15) is 14.7 Å². The zero-order chi connectivity index (χ0) is 31.9. The van der Waals surface area contributed by atoms with E-state index in [1.54, 1.807) is 42.5 Å². The summed E-state index contributed by atoms with van der Waals surface area (Å²) in [6, 6.07) is 25.1. The van der Waals surface area contributed by atoms with E-state index >= 15 is 0 Å². The number of hydrazone groups is 1. The average Bonchev–Trinajstić information content (AvgIpc) is 3.66. The quantitative estimate of drug-likeness (QED) is 0.107. The van der Waals surface area contributed by atoms with Crippen LogP contribution in [0.5, 0.6) is 17.2 Å². The van der Waals surface area contributed by atoms with Crippen molar-refractivity contribution in [2.75, 3.05) is 7.11 Å². The molecular formula is C34H30BrN3O7. The Hall–Kier alpha value is -5.29. The summed E-state index contributed by atoms with van der Waals surface area (Å²) in [5.41, 5.74) is 7.31. The molecule has 0 saturated carbocycles. The smallest absolute Gasteiger partial charge is 0.335 e. The van der Waals surface area contributed by atoms with Crippen LogP contribution in [0, 0.1) is 13.8 Å². The molecule has 0 radical (unpaired) electrons. The van der Waals surface area contributed by atoms with Crippen LogP contribution in [0.2, 0.25) is 0 Å². The van der Waals surface area contributed by atoms with Crippen LogP contribution >= 0.6 is 15.9 Å². The molecule has 5 aromatic rings. The molecule has 230 valence electrons. The van der Waals surface area contributed by atoms with Crippen LogP contribution in [0.3, 0.4) is 0 Å². The van der Waals surface area contributed by atoms with Crippen LogP contribution in [0.25, 0.3) is 5.69 Å². The molecule has 0 aliphatic rings. The van der Waals surface area contributed by atoms with Crippen molar-refractivity contribution in [3.05, 3.63) is 129 Å². The third kappa shape index (κ3) is 7.63. The molecule has 2 aromatic heterocycles. The number of hydrogen-bond acceptors (Lipinski definition) is 7. The monoisotopic (exact) mass is 671 g/mol. The molecule has 0 fully saturated rings. The Bertz CT molecular complexity index is 1840.